The Kier molecular flexibility index (Phi) is 6.91. The van der Waals surface area contributed by atoms with Crippen molar-refractivity contribution in [3.63, 3.8) is 0 Å². The number of hydrogen-bond donors (Lipinski definition) is 2. The molecule has 0 aliphatic carbocycles. The van der Waals surface area contributed by atoms with Crippen LogP contribution in [0.5, 0.6) is 5.75 Å². The maximum atomic E-state index is 12.6. The maximum absolute atomic E-state index is 12.6. The van der Waals surface area contributed by atoms with Crippen LogP contribution in [0.1, 0.15) is 23.8 Å². The van der Waals surface area contributed by atoms with Gasteiger partial charge in [0.2, 0.25) is 0 Å². The van der Waals surface area contributed by atoms with Crippen molar-refractivity contribution in [2.45, 2.75) is 19.9 Å². The van der Waals surface area contributed by atoms with E-state index in [0.29, 0.717) is 33.8 Å². The minimum Gasteiger partial charge on any atom is -0.482 e. The van der Waals surface area contributed by atoms with Crippen molar-refractivity contribution in [1.29, 1.82) is 0 Å². The van der Waals surface area contributed by atoms with Crippen molar-refractivity contribution in [2.24, 2.45) is 0 Å². The Morgan fingerprint density at radius 2 is 1.83 bits per heavy atom. The van der Waals surface area contributed by atoms with Gasteiger partial charge in [0.1, 0.15) is 5.75 Å². The third-order valence-electron chi connectivity index (χ3n) is 4.09. The number of rotatable bonds is 6. The van der Waals surface area contributed by atoms with E-state index >= 15 is 0 Å². The van der Waals surface area contributed by atoms with Gasteiger partial charge in [-0.25, -0.2) is 4.68 Å². The van der Waals surface area contributed by atoms with E-state index in [1.165, 1.54) is 10.7 Å². The van der Waals surface area contributed by atoms with Gasteiger partial charge in [-0.3, -0.25) is 25.2 Å². The van der Waals surface area contributed by atoms with E-state index in [1.54, 1.807) is 36.4 Å². The molecule has 0 aliphatic heterocycles. The standard InChI is InChI=1S/C20H18Cl2N4O4/c1-2-9-26-20(29)14-6-4-3-5-13(14)18(25-26)19(28)24-23-17(27)11-30-16-10-12(21)7-8-15(16)22/h3-8,10H,2,9,11H2,1H3,(H,23,27)(H,24,28). The number of fused-ring (bicyclic) bond motifs is 1. The summed E-state index contributed by atoms with van der Waals surface area (Å²) in [6.45, 7) is 1.86. The molecule has 8 nitrogen and oxygen atoms in total. The summed E-state index contributed by atoms with van der Waals surface area (Å²) in [5, 5.41) is 5.63. The molecule has 0 radical (unpaired) electrons. The number of ether oxygens (including phenoxy) is 1. The lowest BCUT2D eigenvalue weighted by molar-refractivity contribution is -0.123. The molecule has 30 heavy (non-hydrogen) atoms. The Morgan fingerprint density at radius 1 is 1.10 bits per heavy atom. The van der Waals surface area contributed by atoms with Crippen LogP contribution in [0, 0.1) is 0 Å². The molecule has 0 spiro atoms. The number of nitrogens with zero attached hydrogens (tertiary/aromatic N) is 2. The molecular weight excluding hydrogens is 431 g/mol. The van der Waals surface area contributed by atoms with Gasteiger partial charge in [-0.1, -0.05) is 48.3 Å². The summed E-state index contributed by atoms with van der Waals surface area (Å²) in [5.41, 5.74) is 4.28. The molecule has 1 aromatic heterocycles. The second-order valence-electron chi connectivity index (χ2n) is 6.29. The first-order valence-electron chi connectivity index (χ1n) is 9.07. The molecule has 2 aromatic carbocycles. The monoisotopic (exact) mass is 448 g/mol. The van der Waals surface area contributed by atoms with Crippen LogP contribution >= 0.6 is 23.2 Å². The molecule has 156 valence electrons. The SMILES string of the molecule is CCCn1nc(C(=O)NNC(=O)COc2cc(Cl)ccc2Cl)c2ccccc2c1=O. The van der Waals surface area contributed by atoms with Gasteiger partial charge in [-0.15, -0.1) is 0 Å². The van der Waals surface area contributed by atoms with Crippen LogP contribution in [0.2, 0.25) is 10.0 Å². The summed E-state index contributed by atoms with van der Waals surface area (Å²) in [6, 6.07) is 11.3. The molecule has 0 bridgehead atoms. The van der Waals surface area contributed by atoms with E-state index in [1.807, 2.05) is 6.92 Å². The summed E-state index contributed by atoms with van der Waals surface area (Å²) in [7, 11) is 0. The largest absolute Gasteiger partial charge is 0.482 e. The van der Waals surface area contributed by atoms with Crippen molar-refractivity contribution in [3.05, 3.63) is 68.6 Å². The molecule has 2 amide bonds. The maximum Gasteiger partial charge on any atom is 0.290 e. The molecule has 3 rings (SSSR count). The average molecular weight is 449 g/mol. The summed E-state index contributed by atoms with van der Waals surface area (Å²) in [5.74, 6) is -1.04. The van der Waals surface area contributed by atoms with Crippen molar-refractivity contribution in [2.75, 3.05) is 6.61 Å². The Hall–Kier alpha value is -3.10. The number of carbonyl (C=O) groups is 2. The van der Waals surface area contributed by atoms with Gasteiger partial charge in [-0.2, -0.15) is 5.10 Å². The van der Waals surface area contributed by atoms with Crippen molar-refractivity contribution < 1.29 is 14.3 Å². The minimum atomic E-state index is -0.662. The fourth-order valence-corrected chi connectivity index (χ4v) is 3.05. The zero-order valence-corrected chi connectivity index (χ0v) is 17.5. The van der Waals surface area contributed by atoms with Gasteiger partial charge in [0.25, 0.3) is 17.4 Å². The fraction of sp³-hybridized carbons (Fsp3) is 0.200. The van der Waals surface area contributed by atoms with Crippen LogP contribution in [0.4, 0.5) is 0 Å². The third kappa shape index (κ3) is 4.90. The predicted octanol–water partition coefficient (Wildman–Crippen LogP) is 2.95. The Morgan fingerprint density at radius 3 is 2.57 bits per heavy atom. The molecule has 0 fully saturated rings. The van der Waals surface area contributed by atoms with Crippen molar-refractivity contribution in [3.8, 4) is 5.75 Å². The smallest absolute Gasteiger partial charge is 0.290 e. The van der Waals surface area contributed by atoms with Crippen LogP contribution in [0.25, 0.3) is 10.8 Å². The number of aromatic nitrogens is 2. The second kappa shape index (κ2) is 9.60. The number of halogens is 2. The zero-order chi connectivity index (χ0) is 21.7. The topological polar surface area (TPSA) is 102 Å². The molecule has 0 aliphatic rings. The van der Waals surface area contributed by atoms with Gasteiger partial charge in [-0.05, 0) is 24.6 Å². The van der Waals surface area contributed by atoms with Crippen LogP contribution < -0.4 is 21.1 Å². The predicted molar refractivity (Wildman–Crippen MR) is 114 cm³/mol. The molecule has 10 heteroatoms. The normalized spacial score (nSPS) is 10.6. The highest BCUT2D eigenvalue weighted by molar-refractivity contribution is 6.34. The highest BCUT2D eigenvalue weighted by Gasteiger charge is 2.17. The van der Waals surface area contributed by atoms with Gasteiger partial charge < -0.3 is 4.74 Å². The number of nitrogens with one attached hydrogen (secondary N) is 2. The Balaban J connectivity index is 1.71. The second-order valence-corrected chi connectivity index (χ2v) is 7.13. The molecule has 0 atom stereocenters. The van der Waals surface area contributed by atoms with Crippen LogP contribution in [-0.4, -0.2) is 28.2 Å². The first-order chi connectivity index (χ1) is 14.4. The first kappa shape index (κ1) is 21.6. The van der Waals surface area contributed by atoms with E-state index in [9.17, 15) is 14.4 Å². The number of aryl methyl sites for hydroxylation is 1. The van der Waals surface area contributed by atoms with Crippen molar-refractivity contribution in [1.82, 2.24) is 20.6 Å². The van der Waals surface area contributed by atoms with Gasteiger partial charge in [0, 0.05) is 23.0 Å². The van der Waals surface area contributed by atoms with E-state index in [0.717, 1.165) is 0 Å². The number of amides is 2. The quantitative estimate of drug-likeness (QED) is 0.564. The zero-order valence-electron chi connectivity index (χ0n) is 15.9. The molecule has 2 N–H and O–H groups in total. The Labute approximate surface area is 181 Å². The van der Waals surface area contributed by atoms with E-state index in [2.05, 4.69) is 16.0 Å². The average Bonchev–Trinajstić information content (AvgIpc) is 2.74. The minimum absolute atomic E-state index is 0.0257. The lowest BCUT2D eigenvalue weighted by atomic mass is 10.1. The van der Waals surface area contributed by atoms with E-state index in [-0.39, 0.29) is 17.0 Å². The number of hydrogen-bond acceptors (Lipinski definition) is 5. The van der Waals surface area contributed by atoms with Crippen LogP contribution in [0.15, 0.2) is 47.3 Å². The van der Waals surface area contributed by atoms with Gasteiger partial charge in [0.05, 0.1) is 10.4 Å². The molecule has 0 saturated heterocycles. The summed E-state index contributed by atoms with van der Waals surface area (Å²) in [6.07, 6.45) is 0.673. The number of benzene rings is 2. The van der Waals surface area contributed by atoms with E-state index in [4.69, 9.17) is 27.9 Å². The summed E-state index contributed by atoms with van der Waals surface area (Å²) < 4.78 is 6.55. The first-order valence-corrected chi connectivity index (χ1v) is 9.83. The molecule has 0 saturated carbocycles. The van der Waals surface area contributed by atoms with Crippen LogP contribution in [0.3, 0.4) is 0 Å². The number of hydrazine groups is 1. The van der Waals surface area contributed by atoms with E-state index < -0.39 is 18.4 Å². The Bertz CT molecular complexity index is 1160. The highest BCUT2D eigenvalue weighted by atomic mass is 35.5. The van der Waals surface area contributed by atoms with Gasteiger partial charge in [0.15, 0.2) is 12.3 Å². The highest BCUT2D eigenvalue weighted by Crippen LogP contribution is 2.27. The molecule has 3 aromatic rings. The lowest BCUT2D eigenvalue weighted by Gasteiger charge is -2.12. The lowest BCUT2D eigenvalue weighted by Crippen LogP contribution is -2.44. The fourth-order valence-electron chi connectivity index (χ4n) is 2.72. The third-order valence-corrected chi connectivity index (χ3v) is 4.63. The van der Waals surface area contributed by atoms with Gasteiger partial charge >= 0.3 is 0 Å². The molecular formula is C20H18Cl2N4O4. The molecule has 1 heterocycles. The van der Waals surface area contributed by atoms with Crippen LogP contribution in [-0.2, 0) is 11.3 Å². The summed E-state index contributed by atoms with van der Waals surface area (Å²) in [4.78, 5) is 37.1. The number of carbonyl (C=O) groups excluding carboxylic acids is 2. The molecule has 0 unspecified atom stereocenters. The summed E-state index contributed by atoms with van der Waals surface area (Å²) >= 11 is 11.8. The van der Waals surface area contributed by atoms with Crippen molar-refractivity contribution >= 4 is 45.8 Å².